The van der Waals surface area contributed by atoms with Gasteiger partial charge < -0.3 is 9.47 Å². The van der Waals surface area contributed by atoms with Crippen LogP contribution in [0.25, 0.3) is 0 Å². The van der Waals surface area contributed by atoms with Crippen molar-refractivity contribution in [2.75, 3.05) is 27.9 Å². The van der Waals surface area contributed by atoms with Crippen molar-refractivity contribution in [3.8, 4) is 0 Å². The Bertz CT molecular complexity index is 40.8. The lowest BCUT2D eigenvalue weighted by atomic mass is 10.2. The highest BCUT2D eigenvalue weighted by molar-refractivity contribution is 4.37. The fraction of sp³-hybridized carbons (Fsp3) is 1.00. The molecule has 0 aliphatic rings. The molecule has 2 heteroatoms. The summed E-state index contributed by atoms with van der Waals surface area (Å²) < 4.78 is 9.14. The molecule has 11 heavy (non-hydrogen) atoms. The second-order valence-electron chi connectivity index (χ2n) is 2.46. The highest BCUT2D eigenvalue weighted by atomic mass is 16.5. The molecular formula is C9H22O2. The third-order valence-corrected chi connectivity index (χ3v) is 1.20. The highest BCUT2D eigenvalue weighted by Gasteiger charge is 1.83. The van der Waals surface area contributed by atoms with E-state index in [4.69, 9.17) is 4.74 Å². The number of methoxy groups -OCH3 is 2. The van der Waals surface area contributed by atoms with Gasteiger partial charge in [0.1, 0.15) is 0 Å². The van der Waals surface area contributed by atoms with Crippen LogP contribution in [-0.2, 0) is 9.47 Å². The van der Waals surface area contributed by atoms with Crippen LogP contribution in [0.3, 0.4) is 0 Å². The zero-order valence-corrected chi connectivity index (χ0v) is 8.35. The van der Waals surface area contributed by atoms with E-state index in [0.717, 1.165) is 6.61 Å². The predicted molar refractivity (Wildman–Crippen MR) is 49.0 cm³/mol. The lowest BCUT2D eigenvalue weighted by Crippen LogP contribution is -1.86. The van der Waals surface area contributed by atoms with Gasteiger partial charge in [0.15, 0.2) is 0 Å². The topological polar surface area (TPSA) is 18.5 Å². The fourth-order valence-corrected chi connectivity index (χ4v) is 0.673. The van der Waals surface area contributed by atoms with E-state index in [2.05, 4.69) is 11.7 Å². The van der Waals surface area contributed by atoms with E-state index >= 15 is 0 Å². The van der Waals surface area contributed by atoms with Crippen molar-refractivity contribution in [3.63, 3.8) is 0 Å². The maximum absolute atomic E-state index is 4.89. The average Bonchev–Trinajstić information content (AvgIpc) is 2.00. The Labute approximate surface area is 70.9 Å². The molecule has 0 aliphatic carbocycles. The van der Waals surface area contributed by atoms with Crippen LogP contribution in [0.1, 0.15) is 32.6 Å². The molecule has 0 aromatic carbocycles. The summed E-state index contributed by atoms with van der Waals surface area (Å²) in [5, 5.41) is 0. The number of rotatable bonds is 5. The Morgan fingerprint density at radius 2 is 1.45 bits per heavy atom. The Morgan fingerprint density at radius 3 is 1.82 bits per heavy atom. The SMILES string of the molecule is CCCCCCOC.COC. The first kappa shape index (κ1) is 13.5. The fourth-order valence-electron chi connectivity index (χ4n) is 0.673. The molecule has 0 aromatic rings. The van der Waals surface area contributed by atoms with Gasteiger partial charge in [-0.15, -0.1) is 0 Å². The van der Waals surface area contributed by atoms with Gasteiger partial charge in [0.05, 0.1) is 0 Å². The standard InChI is InChI=1S/C7H16O.C2H6O/c1-3-4-5-6-7-8-2;1-3-2/h3-7H2,1-2H3;1-2H3. The van der Waals surface area contributed by atoms with Gasteiger partial charge in [0, 0.05) is 27.9 Å². The first-order valence-corrected chi connectivity index (χ1v) is 4.22. The minimum Gasteiger partial charge on any atom is -0.388 e. The number of unbranched alkanes of at least 4 members (excludes halogenated alkanes) is 3. The lowest BCUT2D eigenvalue weighted by Gasteiger charge is -1.95. The predicted octanol–water partition coefficient (Wildman–Crippen LogP) is 2.48. The van der Waals surface area contributed by atoms with Crippen molar-refractivity contribution in [2.45, 2.75) is 32.6 Å². The summed E-state index contributed by atoms with van der Waals surface area (Å²) in [6.45, 7) is 3.15. The van der Waals surface area contributed by atoms with E-state index < -0.39 is 0 Å². The van der Waals surface area contributed by atoms with Crippen LogP contribution in [0.5, 0.6) is 0 Å². The van der Waals surface area contributed by atoms with Gasteiger partial charge >= 0.3 is 0 Å². The Hall–Kier alpha value is -0.0800. The molecule has 70 valence electrons. The zero-order chi connectivity index (χ0) is 8.95. The van der Waals surface area contributed by atoms with Gasteiger partial charge in [-0.1, -0.05) is 26.2 Å². The molecule has 0 aromatic heterocycles. The minimum absolute atomic E-state index is 0.931. The van der Waals surface area contributed by atoms with Gasteiger partial charge in [-0.25, -0.2) is 0 Å². The molecule has 0 bridgehead atoms. The van der Waals surface area contributed by atoms with Crippen LogP contribution in [-0.4, -0.2) is 27.9 Å². The van der Waals surface area contributed by atoms with E-state index in [1.165, 1.54) is 25.7 Å². The summed E-state index contributed by atoms with van der Waals surface area (Å²) in [5.74, 6) is 0. The summed E-state index contributed by atoms with van der Waals surface area (Å²) in [5.41, 5.74) is 0. The van der Waals surface area contributed by atoms with Crippen molar-refractivity contribution < 1.29 is 9.47 Å². The van der Waals surface area contributed by atoms with Gasteiger partial charge in [0.2, 0.25) is 0 Å². The van der Waals surface area contributed by atoms with Crippen molar-refractivity contribution in [1.29, 1.82) is 0 Å². The molecule has 0 heterocycles. The van der Waals surface area contributed by atoms with Gasteiger partial charge in [-0.05, 0) is 6.42 Å². The molecule has 0 N–H and O–H groups in total. The Morgan fingerprint density at radius 1 is 0.909 bits per heavy atom. The molecule has 0 atom stereocenters. The molecule has 0 unspecified atom stereocenters. The van der Waals surface area contributed by atoms with Crippen LogP contribution in [0.15, 0.2) is 0 Å². The third-order valence-electron chi connectivity index (χ3n) is 1.20. The molecule has 0 saturated heterocycles. The van der Waals surface area contributed by atoms with Crippen molar-refractivity contribution in [3.05, 3.63) is 0 Å². The van der Waals surface area contributed by atoms with Crippen molar-refractivity contribution in [1.82, 2.24) is 0 Å². The first-order chi connectivity index (χ1) is 5.33. The quantitative estimate of drug-likeness (QED) is 0.578. The average molecular weight is 162 g/mol. The summed E-state index contributed by atoms with van der Waals surface area (Å²) in [6.07, 6.45) is 5.21. The molecule has 0 aliphatic heterocycles. The Kier molecular flexibility index (Phi) is 20.2. The number of hydrogen-bond acceptors (Lipinski definition) is 2. The highest BCUT2D eigenvalue weighted by Crippen LogP contribution is 1.97. The molecule has 0 spiro atoms. The second-order valence-corrected chi connectivity index (χ2v) is 2.46. The van der Waals surface area contributed by atoms with E-state index in [9.17, 15) is 0 Å². The number of ether oxygens (including phenoxy) is 2. The molecule has 2 nitrogen and oxygen atoms in total. The largest absolute Gasteiger partial charge is 0.388 e. The van der Waals surface area contributed by atoms with Crippen LogP contribution >= 0.6 is 0 Å². The van der Waals surface area contributed by atoms with E-state index in [-0.39, 0.29) is 0 Å². The van der Waals surface area contributed by atoms with Gasteiger partial charge in [-0.2, -0.15) is 0 Å². The molecule has 0 radical (unpaired) electrons. The summed E-state index contributed by atoms with van der Waals surface area (Å²) in [6, 6.07) is 0. The van der Waals surface area contributed by atoms with Crippen LogP contribution in [0.4, 0.5) is 0 Å². The third kappa shape index (κ3) is 25.7. The molecule has 0 fully saturated rings. The smallest absolute Gasteiger partial charge is 0.0462 e. The summed E-state index contributed by atoms with van der Waals surface area (Å²) in [7, 11) is 5.01. The van der Waals surface area contributed by atoms with Crippen molar-refractivity contribution >= 4 is 0 Å². The minimum atomic E-state index is 0.931. The van der Waals surface area contributed by atoms with E-state index in [1.807, 2.05) is 0 Å². The summed E-state index contributed by atoms with van der Waals surface area (Å²) >= 11 is 0. The molecule has 0 amide bonds. The van der Waals surface area contributed by atoms with Crippen LogP contribution in [0, 0.1) is 0 Å². The molecule has 0 saturated carbocycles. The Balaban J connectivity index is 0. The zero-order valence-electron chi connectivity index (χ0n) is 8.35. The van der Waals surface area contributed by atoms with E-state index in [1.54, 1.807) is 21.3 Å². The van der Waals surface area contributed by atoms with Crippen LogP contribution < -0.4 is 0 Å². The monoisotopic (exact) mass is 162 g/mol. The van der Waals surface area contributed by atoms with Crippen LogP contribution in [0.2, 0.25) is 0 Å². The normalized spacial score (nSPS) is 8.73. The molecule has 0 rings (SSSR count). The van der Waals surface area contributed by atoms with Gasteiger partial charge in [0.25, 0.3) is 0 Å². The summed E-state index contributed by atoms with van der Waals surface area (Å²) in [4.78, 5) is 0. The maximum Gasteiger partial charge on any atom is 0.0462 e. The number of hydrogen-bond donors (Lipinski definition) is 0. The molecular weight excluding hydrogens is 140 g/mol. The van der Waals surface area contributed by atoms with Gasteiger partial charge in [-0.3, -0.25) is 0 Å². The van der Waals surface area contributed by atoms with E-state index in [0.29, 0.717) is 0 Å². The van der Waals surface area contributed by atoms with Crippen molar-refractivity contribution in [2.24, 2.45) is 0 Å². The second kappa shape index (κ2) is 16.5. The first-order valence-electron chi connectivity index (χ1n) is 4.22. The maximum atomic E-state index is 4.89. The lowest BCUT2D eigenvalue weighted by molar-refractivity contribution is 0.192.